The number of imidazole rings is 1. The third-order valence-electron chi connectivity index (χ3n) is 3.00. The SMILES string of the molecule is Cc1ccc(C)c(NS(=O)(=O)c2cn(C)c(C)n2)c1. The Morgan fingerprint density at radius 3 is 2.47 bits per heavy atom. The van der Waals surface area contributed by atoms with Gasteiger partial charge in [0.15, 0.2) is 5.03 Å². The molecule has 0 saturated heterocycles. The first-order valence-corrected chi connectivity index (χ1v) is 7.38. The van der Waals surface area contributed by atoms with Crippen molar-refractivity contribution in [2.75, 3.05) is 4.72 Å². The molecule has 0 aliphatic rings. The summed E-state index contributed by atoms with van der Waals surface area (Å²) in [7, 11) is -1.87. The Kier molecular flexibility index (Phi) is 3.36. The number of nitrogens with zero attached hydrogens (tertiary/aromatic N) is 2. The van der Waals surface area contributed by atoms with E-state index in [2.05, 4.69) is 9.71 Å². The highest BCUT2D eigenvalue weighted by molar-refractivity contribution is 7.92. The predicted molar refractivity (Wildman–Crippen MR) is 74.7 cm³/mol. The van der Waals surface area contributed by atoms with E-state index in [1.807, 2.05) is 32.0 Å². The summed E-state index contributed by atoms with van der Waals surface area (Å²) >= 11 is 0. The molecule has 0 bridgehead atoms. The zero-order valence-corrected chi connectivity index (χ0v) is 12.2. The van der Waals surface area contributed by atoms with Gasteiger partial charge in [0.1, 0.15) is 5.82 Å². The van der Waals surface area contributed by atoms with E-state index < -0.39 is 10.0 Å². The van der Waals surface area contributed by atoms with Crippen molar-refractivity contribution >= 4 is 15.7 Å². The number of anilines is 1. The van der Waals surface area contributed by atoms with Crippen molar-refractivity contribution in [3.05, 3.63) is 41.3 Å². The van der Waals surface area contributed by atoms with Gasteiger partial charge in [0.05, 0.1) is 5.69 Å². The van der Waals surface area contributed by atoms with Gasteiger partial charge in [-0.3, -0.25) is 4.72 Å². The molecule has 0 amide bonds. The first-order chi connectivity index (χ1) is 8.79. The quantitative estimate of drug-likeness (QED) is 0.936. The van der Waals surface area contributed by atoms with Crippen LogP contribution in [-0.4, -0.2) is 18.0 Å². The van der Waals surface area contributed by atoms with Crippen LogP contribution < -0.4 is 4.72 Å². The monoisotopic (exact) mass is 279 g/mol. The van der Waals surface area contributed by atoms with Gasteiger partial charge in [-0.2, -0.15) is 8.42 Å². The third kappa shape index (κ3) is 2.78. The lowest BCUT2D eigenvalue weighted by Crippen LogP contribution is -2.14. The molecule has 1 aromatic heterocycles. The molecule has 6 heteroatoms. The Morgan fingerprint density at radius 1 is 1.21 bits per heavy atom. The molecule has 0 spiro atoms. The van der Waals surface area contributed by atoms with Crippen molar-refractivity contribution in [1.82, 2.24) is 9.55 Å². The van der Waals surface area contributed by atoms with Gasteiger partial charge in [0.25, 0.3) is 10.0 Å². The lowest BCUT2D eigenvalue weighted by Gasteiger charge is -2.09. The molecule has 1 N–H and O–H groups in total. The maximum Gasteiger partial charge on any atom is 0.280 e. The molecule has 0 radical (unpaired) electrons. The molecule has 19 heavy (non-hydrogen) atoms. The van der Waals surface area contributed by atoms with Crippen molar-refractivity contribution in [3.8, 4) is 0 Å². The fraction of sp³-hybridized carbons (Fsp3) is 0.308. The fourth-order valence-electron chi connectivity index (χ4n) is 1.70. The number of aromatic nitrogens is 2. The molecular formula is C13H17N3O2S. The zero-order valence-electron chi connectivity index (χ0n) is 11.4. The van der Waals surface area contributed by atoms with Gasteiger partial charge in [0.2, 0.25) is 0 Å². The van der Waals surface area contributed by atoms with E-state index in [1.54, 1.807) is 18.5 Å². The van der Waals surface area contributed by atoms with Crippen LogP contribution in [0, 0.1) is 20.8 Å². The molecule has 0 unspecified atom stereocenters. The molecule has 0 aliphatic carbocycles. The maximum absolute atomic E-state index is 12.2. The van der Waals surface area contributed by atoms with E-state index in [1.165, 1.54) is 6.20 Å². The number of benzene rings is 1. The number of rotatable bonds is 3. The number of aryl methyl sites for hydroxylation is 4. The summed E-state index contributed by atoms with van der Waals surface area (Å²) in [5.41, 5.74) is 2.46. The lowest BCUT2D eigenvalue weighted by molar-refractivity contribution is 0.598. The zero-order chi connectivity index (χ0) is 14.2. The second-order valence-corrected chi connectivity index (χ2v) is 6.29. The van der Waals surface area contributed by atoms with E-state index in [-0.39, 0.29) is 5.03 Å². The summed E-state index contributed by atoms with van der Waals surface area (Å²) in [6.07, 6.45) is 1.50. The minimum absolute atomic E-state index is 0.0356. The Labute approximate surface area is 113 Å². The maximum atomic E-state index is 12.2. The molecule has 1 aromatic carbocycles. The van der Waals surface area contributed by atoms with E-state index >= 15 is 0 Å². The Balaban J connectivity index is 2.39. The highest BCUT2D eigenvalue weighted by atomic mass is 32.2. The van der Waals surface area contributed by atoms with Crippen LogP contribution in [0.25, 0.3) is 0 Å². The first kappa shape index (κ1) is 13.6. The normalized spacial score (nSPS) is 11.6. The van der Waals surface area contributed by atoms with Gasteiger partial charge in [0, 0.05) is 13.2 Å². The van der Waals surface area contributed by atoms with Gasteiger partial charge < -0.3 is 4.57 Å². The summed E-state index contributed by atoms with van der Waals surface area (Å²) in [5.74, 6) is 0.654. The van der Waals surface area contributed by atoms with Crippen LogP contribution in [0.5, 0.6) is 0 Å². The average molecular weight is 279 g/mol. The second kappa shape index (κ2) is 4.70. The molecule has 102 valence electrons. The van der Waals surface area contributed by atoms with Crippen LogP contribution in [-0.2, 0) is 17.1 Å². The van der Waals surface area contributed by atoms with Gasteiger partial charge >= 0.3 is 0 Å². The highest BCUT2D eigenvalue weighted by Crippen LogP contribution is 2.20. The number of hydrogen-bond acceptors (Lipinski definition) is 3. The van der Waals surface area contributed by atoms with Crippen molar-refractivity contribution < 1.29 is 8.42 Å². The summed E-state index contributed by atoms with van der Waals surface area (Å²) in [6, 6.07) is 5.64. The Hall–Kier alpha value is -1.82. The van der Waals surface area contributed by atoms with Crippen LogP contribution >= 0.6 is 0 Å². The van der Waals surface area contributed by atoms with Crippen LogP contribution in [0.1, 0.15) is 17.0 Å². The molecular weight excluding hydrogens is 262 g/mol. The van der Waals surface area contributed by atoms with E-state index in [9.17, 15) is 8.42 Å². The largest absolute Gasteiger partial charge is 0.337 e. The van der Waals surface area contributed by atoms with Crippen molar-refractivity contribution in [3.63, 3.8) is 0 Å². The van der Waals surface area contributed by atoms with Crippen molar-refractivity contribution in [2.45, 2.75) is 25.8 Å². The molecule has 0 fully saturated rings. The number of hydrogen-bond donors (Lipinski definition) is 1. The standard InChI is InChI=1S/C13H17N3O2S/c1-9-5-6-10(2)12(7-9)15-19(17,18)13-8-16(4)11(3)14-13/h5-8,15H,1-4H3. The summed E-state index contributed by atoms with van der Waals surface area (Å²) in [4.78, 5) is 4.04. The van der Waals surface area contributed by atoms with Crippen LogP contribution in [0.15, 0.2) is 29.4 Å². The fourth-order valence-corrected chi connectivity index (χ4v) is 2.86. The lowest BCUT2D eigenvalue weighted by atomic mass is 10.1. The van der Waals surface area contributed by atoms with Gasteiger partial charge in [-0.15, -0.1) is 0 Å². The molecule has 1 heterocycles. The second-order valence-electron chi connectivity index (χ2n) is 4.66. The summed E-state index contributed by atoms with van der Waals surface area (Å²) in [6.45, 7) is 5.54. The molecule has 2 rings (SSSR count). The minimum atomic E-state index is -3.64. The van der Waals surface area contributed by atoms with E-state index in [4.69, 9.17) is 0 Å². The highest BCUT2D eigenvalue weighted by Gasteiger charge is 2.19. The summed E-state index contributed by atoms with van der Waals surface area (Å²) in [5, 5.41) is 0.0356. The van der Waals surface area contributed by atoms with Crippen molar-refractivity contribution in [1.29, 1.82) is 0 Å². The topological polar surface area (TPSA) is 64.0 Å². The van der Waals surface area contributed by atoms with Crippen molar-refractivity contribution in [2.24, 2.45) is 7.05 Å². The van der Waals surface area contributed by atoms with Gasteiger partial charge in [-0.25, -0.2) is 4.98 Å². The van der Waals surface area contributed by atoms with Crippen LogP contribution in [0.4, 0.5) is 5.69 Å². The predicted octanol–water partition coefficient (Wildman–Crippen LogP) is 2.15. The first-order valence-electron chi connectivity index (χ1n) is 5.89. The Bertz CT molecular complexity index is 698. The molecule has 2 aromatic rings. The molecule has 0 saturated carbocycles. The van der Waals surface area contributed by atoms with E-state index in [0.717, 1.165) is 11.1 Å². The van der Waals surface area contributed by atoms with E-state index in [0.29, 0.717) is 11.5 Å². The third-order valence-corrected chi connectivity index (χ3v) is 4.24. The minimum Gasteiger partial charge on any atom is -0.337 e. The summed E-state index contributed by atoms with van der Waals surface area (Å²) < 4.78 is 28.7. The number of nitrogens with one attached hydrogen (secondary N) is 1. The van der Waals surface area contributed by atoms with Gasteiger partial charge in [-0.05, 0) is 38.0 Å². The molecule has 0 atom stereocenters. The number of sulfonamides is 1. The molecule has 5 nitrogen and oxygen atoms in total. The molecule has 0 aliphatic heterocycles. The van der Waals surface area contributed by atoms with Crippen LogP contribution in [0.2, 0.25) is 0 Å². The van der Waals surface area contributed by atoms with Crippen LogP contribution in [0.3, 0.4) is 0 Å². The van der Waals surface area contributed by atoms with Gasteiger partial charge in [-0.1, -0.05) is 12.1 Å². The average Bonchev–Trinajstić information content (AvgIpc) is 2.65. The smallest absolute Gasteiger partial charge is 0.280 e. The Morgan fingerprint density at radius 2 is 1.89 bits per heavy atom.